The highest BCUT2D eigenvalue weighted by molar-refractivity contribution is 6.46. The molecule has 4 rings (SSSR count). The minimum Gasteiger partial charge on any atom is -0.481 e. The van der Waals surface area contributed by atoms with Gasteiger partial charge in [-0.25, -0.2) is 4.79 Å². The van der Waals surface area contributed by atoms with E-state index in [1.165, 1.54) is 4.90 Å². The second-order valence-corrected chi connectivity index (χ2v) is 8.68. The average molecular weight is 405 g/mol. The van der Waals surface area contributed by atoms with Crippen LogP contribution in [0.15, 0.2) is 36.4 Å². The zero-order chi connectivity index (χ0) is 21.8. The van der Waals surface area contributed by atoms with Crippen molar-refractivity contribution in [2.24, 2.45) is 0 Å². The number of hydrogen-bond donors (Lipinski definition) is 1. The van der Waals surface area contributed by atoms with Gasteiger partial charge in [0, 0.05) is 30.2 Å². The maximum atomic E-state index is 13.1. The van der Waals surface area contributed by atoms with Crippen molar-refractivity contribution in [2.45, 2.75) is 39.0 Å². The molecule has 2 heterocycles. The van der Waals surface area contributed by atoms with Gasteiger partial charge < -0.3 is 14.7 Å². The first-order valence-corrected chi connectivity index (χ1v) is 9.83. The van der Waals surface area contributed by atoms with Gasteiger partial charge in [0.15, 0.2) is 0 Å². The number of aliphatic carboxylic acids is 1. The Kier molecular flexibility index (Phi) is 4.53. The van der Waals surface area contributed by atoms with Crippen LogP contribution in [0.3, 0.4) is 0 Å². The minimum atomic E-state index is -0.889. The summed E-state index contributed by atoms with van der Waals surface area (Å²) in [5.41, 5.74) is 3.84. The van der Waals surface area contributed by atoms with Crippen LogP contribution in [0.1, 0.15) is 49.4 Å². The number of benzene rings is 2. The number of esters is 1. The van der Waals surface area contributed by atoms with E-state index in [0.717, 1.165) is 16.8 Å². The summed E-state index contributed by atoms with van der Waals surface area (Å²) < 4.78 is 5.68. The zero-order valence-electron chi connectivity index (χ0n) is 17.4. The number of ether oxygens (including phenoxy) is 1. The van der Waals surface area contributed by atoms with Gasteiger partial charge in [0.1, 0.15) is 5.75 Å². The molecule has 0 aromatic heterocycles. The van der Waals surface area contributed by atoms with Gasteiger partial charge in [-0.05, 0) is 29.5 Å². The van der Waals surface area contributed by atoms with Gasteiger partial charge in [0.2, 0.25) is 0 Å². The summed E-state index contributed by atoms with van der Waals surface area (Å²) in [5.74, 6) is -1.25. The molecule has 2 aliphatic heterocycles. The third-order valence-corrected chi connectivity index (χ3v) is 5.56. The molecule has 0 spiro atoms. The predicted octanol–water partition coefficient (Wildman–Crippen LogP) is 3.81. The van der Waals surface area contributed by atoms with E-state index in [2.05, 4.69) is 0 Å². The van der Waals surface area contributed by atoms with Crippen LogP contribution in [0.4, 0.5) is 5.69 Å². The van der Waals surface area contributed by atoms with E-state index in [0.29, 0.717) is 28.9 Å². The van der Waals surface area contributed by atoms with E-state index >= 15 is 0 Å². The van der Waals surface area contributed by atoms with Crippen molar-refractivity contribution in [3.05, 3.63) is 58.7 Å². The maximum Gasteiger partial charge on any atom is 0.345 e. The van der Waals surface area contributed by atoms with Crippen LogP contribution in [0, 0.1) is 0 Å². The van der Waals surface area contributed by atoms with E-state index < -0.39 is 11.9 Å². The number of rotatable bonds is 3. The van der Waals surface area contributed by atoms with Gasteiger partial charge in [-0.3, -0.25) is 9.59 Å². The molecule has 6 nitrogen and oxygen atoms in total. The van der Waals surface area contributed by atoms with Crippen molar-refractivity contribution in [3.63, 3.8) is 0 Å². The Balaban J connectivity index is 1.99. The van der Waals surface area contributed by atoms with Gasteiger partial charge in [-0.15, -0.1) is 0 Å². The number of carbonyl (C=O) groups is 3. The van der Waals surface area contributed by atoms with Gasteiger partial charge in [0.05, 0.1) is 16.8 Å². The second-order valence-electron chi connectivity index (χ2n) is 8.68. The second kappa shape index (κ2) is 6.83. The van der Waals surface area contributed by atoms with Crippen molar-refractivity contribution in [1.29, 1.82) is 0 Å². The normalized spacial score (nSPS) is 17.8. The molecule has 0 radical (unpaired) electrons. The van der Waals surface area contributed by atoms with Gasteiger partial charge in [0.25, 0.3) is 5.91 Å². The van der Waals surface area contributed by atoms with E-state index in [4.69, 9.17) is 9.84 Å². The average Bonchev–Trinajstić information content (AvgIpc) is 3.12. The summed E-state index contributed by atoms with van der Waals surface area (Å²) >= 11 is 0. The van der Waals surface area contributed by atoms with E-state index in [9.17, 15) is 14.4 Å². The van der Waals surface area contributed by atoms with Crippen molar-refractivity contribution >= 4 is 34.7 Å². The lowest BCUT2D eigenvalue weighted by atomic mass is 9.82. The van der Waals surface area contributed by atoms with Crippen LogP contribution in [-0.4, -0.2) is 30.0 Å². The van der Waals surface area contributed by atoms with Gasteiger partial charge >= 0.3 is 11.9 Å². The lowest BCUT2D eigenvalue weighted by Gasteiger charge is -2.22. The Morgan fingerprint density at radius 1 is 1.07 bits per heavy atom. The molecule has 2 aromatic carbocycles. The number of amides is 1. The molecule has 154 valence electrons. The van der Waals surface area contributed by atoms with Crippen LogP contribution in [0.2, 0.25) is 0 Å². The lowest BCUT2D eigenvalue weighted by molar-refractivity contribution is -0.137. The molecule has 2 aromatic rings. The molecule has 0 fully saturated rings. The topological polar surface area (TPSA) is 83.9 Å². The van der Waals surface area contributed by atoms with Crippen molar-refractivity contribution < 1.29 is 24.2 Å². The molecule has 0 aliphatic carbocycles. The number of carbonyl (C=O) groups excluding carboxylic acids is 2. The van der Waals surface area contributed by atoms with Crippen molar-refractivity contribution in [1.82, 2.24) is 0 Å². The zero-order valence-corrected chi connectivity index (χ0v) is 17.4. The molecule has 0 saturated heterocycles. The molecule has 1 amide bonds. The first-order chi connectivity index (χ1) is 14.1. The Hall–Kier alpha value is -3.41. The Bertz CT molecular complexity index is 1140. The molecule has 6 heteroatoms. The fraction of sp³-hybridized carbons (Fsp3) is 0.292. The Morgan fingerprint density at radius 2 is 1.77 bits per heavy atom. The minimum absolute atomic E-state index is 0.0203. The van der Waals surface area contributed by atoms with E-state index in [1.54, 1.807) is 13.1 Å². The maximum absolute atomic E-state index is 13.1. The molecule has 1 N–H and O–H groups in total. The summed E-state index contributed by atoms with van der Waals surface area (Å²) in [6.07, 6.45) is 0.306. The SMILES string of the molecule is CN1C(=O)/C(=C2/C(=O)Oc3c2cc(CCC(=O)O)cc3C(C)(C)C)c2ccccc21. The third-order valence-electron chi connectivity index (χ3n) is 5.56. The summed E-state index contributed by atoms with van der Waals surface area (Å²) in [6.45, 7) is 6.02. The first-order valence-electron chi connectivity index (χ1n) is 9.83. The van der Waals surface area contributed by atoms with Gasteiger partial charge in [-0.2, -0.15) is 0 Å². The number of para-hydroxylation sites is 1. The number of aryl methyl sites for hydroxylation is 1. The number of fused-ring (bicyclic) bond motifs is 2. The molecular weight excluding hydrogens is 382 g/mol. The summed E-state index contributed by atoms with van der Waals surface area (Å²) in [6, 6.07) is 11.0. The molecule has 0 atom stereocenters. The third kappa shape index (κ3) is 3.09. The largest absolute Gasteiger partial charge is 0.481 e. The molecule has 2 aliphatic rings. The van der Waals surface area contributed by atoms with Crippen LogP contribution in [0.25, 0.3) is 11.1 Å². The number of hydrogen-bond acceptors (Lipinski definition) is 4. The highest BCUT2D eigenvalue weighted by atomic mass is 16.5. The number of carboxylic acids is 1. The molecular formula is C24H23NO5. The quantitative estimate of drug-likeness (QED) is 0.477. The highest BCUT2D eigenvalue weighted by Crippen LogP contribution is 2.48. The van der Waals surface area contributed by atoms with Gasteiger partial charge in [-0.1, -0.05) is 45.0 Å². The summed E-state index contributed by atoms with van der Waals surface area (Å²) in [4.78, 5) is 38.7. The smallest absolute Gasteiger partial charge is 0.345 e. The summed E-state index contributed by atoms with van der Waals surface area (Å²) in [5, 5.41) is 9.10. The first kappa shape index (κ1) is 19.9. The van der Waals surface area contributed by atoms with E-state index in [-0.39, 0.29) is 23.3 Å². The Labute approximate surface area is 174 Å². The van der Waals surface area contributed by atoms with Crippen LogP contribution >= 0.6 is 0 Å². The van der Waals surface area contributed by atoms with E-state index in [1.807, 2.05) is 51.1 Å². The number of anilines is 1. The Morgan fingerprint density at radius 3 is 2.43 bits per heavy atom. The molecule has 0 saturated carbocycles. The molecule has 0 unspecified atom stereocenters. The standard InChI is InChI=1S/C24H23NO5/c1-24(2,3)16-12-13(9-10-18(26)27)11-15-20(23(29)30-21(15)16)19-14-7-5-6-8-17(14)25(4)22(19)28/h5-8,11-12H,9-10H2,1-4H3,(H,26,27)/b20-19+. The van der Waals surface area contributed by atoms with Crippen molar-refractivity contribution in [2.75, 3.05) is 11.9 Å². The molecule has 0 bridgehead atoms. The number of carboxylic acid groups (broad SMARTS) is 1. The lowest BCUT2D eigenvalue weighted by Crippen LogP contribution is -2.21. The number of likely N-dealkylation sites (N-methyl/N-ethyl adjacent to an activating group) is 1. The van der Waals surface area contributed by atoms with Crippen LogP contribution < -0.4 is 9.64 Å². The monoisotopic (exact) mass is 405 g/mol. The highest BCUT2D eigenvalue weighted by Gasteiger charge is 2.41. The fourth-order valence-electron chi connectivity index (χ4n) is 4.04. The predicted molar refractivity (Wildman–Crippen MR) is 113 cm³/mol. The van der Waals surface area contributed by atoms with Crippen LogP contribution in [0.5, 0.6) is 5.75 Å². The fourth-order valence-corrected chi connectivity index (χ4v) is 4.04. The van der Waals surface area contributed by atoms with Crippen LogP contribution in [-0.2, 0) is 26.2 Å². The number of nitrogens with zero attached hydrogens (tertiary/aromatic N) is 1. The summed E-state index contributed by atoms with van der Waals surface area (Å²) in [7, 11) is 1.68. The van der Waals surface area contributed by atoms with Crippen molar-refractivity contribution in [3.8, 4) is 5.75 Å². The molecule has 30 heavy (non-hydrogen) atoms.